The number of amides is 2. The molecule has 1 aliphatic heterocycles. The van der Waals surface area contributed by atoms with E-state index in [4.69, 9.17) is 0 Å². The van der Waals surface area contributed by atoms with Gasteiger partial charge in [0.2, 0.25) is 5.91 Å². The van der Waals surface area contributed by atoms with Crippen molar-refractivity contribution in [3.05, 3.63) is 23.0 Å². The van der Waals surface area contributed by atoms with E-state index in [0.29, 0.717) is 11.6 Å². The number of rotatable bonds is 3. The first-order chi connectivity index (χ1) is 11.1. The second-order valence-corrected chi connectivity index (χ2v) is 7.12. The Morgan fingerprint density at radius 3 is 2.52 bits per heavy atom. The fourth-order valence-electron chi connectivity index (χ4n) is 4.19. The van der Waals surface area contributed by atoms with Gasteiger partial charge in [0.15, 0.2) is 0 Å². The molecule has 0 spiro atoms. The summed E-state index contributed by atoms with van der Waals surface area (Å²) in [6, 6.07) is 0. The van der Waals surface area contributed by atoms with Gasteiger partial charge < -0.3 is 10.2 Å². The maximum atomic E-state index is 13.0. The lowest BCUT2D eigenvalue weighted by Crippen LogP contribution is -2.36. The van der Waals surface area contributed by atoms with Crippen LogP contribution in [0.4, 0.5) is 0 Å². The van der Waals surface area contributed by atoms with Crippen molar-refractivity contribution in [2.45, 2.75) is 71.1 Å². The number of nitrogens with zero attached hydrogens (tertiary/aromatic N) is 1. The van der Waals surface area contributed by atoms with Gasteiger partial charge in [0, 0.05) is 19.2 Å². The van der Waals surface area contributed by atoms with Crippen molar-refractivity contribution in [3.8, 4) is 0 Å². The fourth-order valence-corrected chi connectivity index (χ4v) is 4.19. The summed E-state index contributed by atoms with van der Waals surface area (Å²) in [7, 11) is 0. The molecule has 4 heteroatoms. The van der Waals surface area contributed by atoms with Crippen molar-refractivity contribution in [2.75, 3.05) is 6.54 Å². The average molecular weight is 316 g/mol. The molecule has 2 amide bonds. The van der Waals surface area contributed by atoms with Gasteiger partial charge in [-0.1, -0.05) is 25.3 Å². The Morgan fingerprint density at radius 1 is 1.04 bits per heavy atom. The Hall–Kier alpha value is -1.58. The average Bonchev–Trinajstić information content (AvgIpc) is 2.98. The van der Waals surface area contributed by atoms with Crippen LogP contribution in [0.25, 0.3) is 0 Å². The predicted octanol–water partition coefficient (Wildman–Crippen LogP) is 3.65. The molecule has 1 heterocycles. The van der Waals surface area contributed by atoms with Crippen molar-refractivity contribution in [3.63, 3.8) is 0 Å². The minimum Gasteiger partial charge on any atom is -0.322 e. The molecule has 0 saturated heterocycles. The number of nitrogens with one attached hydrogen (secondary N) is 1. The molecule has 0 aromatic rings. The molecular formula is C19H28N2O2. The first-order valence-corrected chi connectivity index (χ1v) is 9.17. The molecule has 3 aliphatic rings. The molecule has 1 saturated carbocycles. The van der Waals surface area contributed by atoms with E-state index in [2.05, 4.69) is 5.32 Å². The molecule has 0 bridgehead atoms. The number of allylic oxidation sites excluding steroid dienone is 2. The molecule has 4 nitrogen and oxygen atoms in total. The first-order valence-electron chi connectivity index (χ1n) is 9.17. The molecular weight excluding hydrogens is 288 g/mol. The van der Waals surface area contributed by atoms with Crippen LogP contribution < -0.4 is 5.32 Å². The van der Waals surface area contributed by atoms with Crippen LogP contribution in [0, 0.1) is 5.92 Å². The first kappa shape index (κ1) is 16.3. The summed E-state index contributed by atoms with van der Waals surface area (Å²) in [6.45, 7) is 2.27. The second-order valence-electron chi connectivity index (χ2n) is 7.12. The zero-order chi connectivity index (χ0) is 16.2. The summed E-state index contributed by atoms with van der Waals surface area (Å²) in [4.78, 5) is 26.5. The summed E-state index contributed by atoms with van der Waals surface area (Å²) in [5.74, 6) is 0.270. The zero-order valence-electron chi connectivity index (χ0n) is 14.2. The van der Waals surface area contributed by atoms with E-state index in [1.807, 2.05) is 11.0 Å². The summed E-state index contributed by atoms with van der Waals surface area (Å²) in [6.07, 6.45) is 13.6. The van der Waals surface area contributed by atoms with Gasteiger partial charge in [-0.05, 0) is 56.4 Å². The largest absolute Gasteiger partial charge is 0.322 e. The third kappa shape index (κ3) is 3.85. The van der Waals surface area contributed by atoms with Crippen molar-refractivity contribution in [1.82, 2.24) is 10.2 Å². The summed E-state index contributed by atoms with van der Waals surface area (Å²) in [5, 5.41) is 2.81. The quantitative estimate of drug-likeness (QED) is 0.808. The van der Waals surface area contributed by atoms with Gasteiger partial charge in [-0.25, -0.2) is 0 Å². The van der Waals surface area contributed by atoms with E-state index < -0.39 is 0 Å². The molecule has 0 aromatic heterocycles. The normalized spacial score (nSPS) is 23.0. The molecule has 126 valence electrons. The Morgan fingerprint density at radius 2 is 1.78 bits per heavy atom. The molecule has 1 fully saturated rings. The van der Waals surface area contributed by atoms with Crippen LogP contribution >= 0.6 is 0 Å². The van der Waals surface area contributed by atoms with Crippen LogP contribution in [-0.2, 0) is 9.59 Å². The predicted molar refractivity (Wildman–Crippen MR) is 90.3 cm³/mol. The Bertz CT molecular complexity index is 542. The fraction of sp³-hybridized carbons (Fsp3) is 0.684. The van der Waals surface area contributed by atoms with Crippen LogP contribution in [0.3, 0.4) is 0 Å². The van der Waals surface area contributed by atoms with Gasteiger partial charge >= 0.3 is 0 Å². The van der Waals surface area contributed by atoms with E-state index in [0.717, 1.165) is 38.6 Å². The highest BCUT2D eigenvalue weighted by Gasteiger charge is 2.31. The molecule has 1 N–H and O–H groups in total. The van der Waals surface area contributed by atoms with Gasteiger partial charge in [0.25, 0.3) is 5.91 Å². The highest BCUT2D eigenvalue weighted by Crippen LogP contribution is 2.35. The van der Waals surface area contributed by atoms with Gasteiger partial charge in [-0.15, -0.1) is 0 Å². The maximum absolute atomic E-state index is 13.0. The van der Waals surface area contributed by atoms with Crippen LogP contribution in [0.15, 0.2) is 23.0 Å². The smallest absolute Gasteiger partial charge is 0.274 e. The molecule has 2 aliphatic carbocycles. The van der Waals surface area contributed by atoms with E-state index in [9.17, 15) is 9.59 Å². The molecule has 0 unspecified atom stereocenters. The topological polar surface area (TPSA) is 49.4 Å². The van der Waals surface area contributed by atoms with Crippen LogP contribution in [0.5, 0.6) is 0 Å². The molecule has 0 atom stereocenters. The summed E-state index contributed by atoms with van der Waals surface area (Å²) in [5.41, 5.74) is 3.20. The van der Waals surface area contributed by atoms with E-state index >= 15 is 0 Å². The van der Waals surface area contributed by atoms with E-state index in [1.54, 1.807) is 0 Å². The van der Waals surface area contributed by atoms with Gasteiger partial charge in [-0.2, -0.15) is 0 Å². The van der Waals surface area contributed by atoms with Crippen LogP contribution in [0.1, 0.15) is 71.1 Å². The molecule has 0 radical (unpaired) electrons. The molecule has 3 rings (SSSR count). The lowest BCUT2D eigenvalue weighted by Gasteiger charge is -2.26. The minimum absolute atomic E-state index is 0.00215. The number of hydrogen-bond acceptors (Lipinski definition) is 2. The minimum atomic E-state index is -0.155. The lowest BCUT2D eigenvalue weighted by atomic mass is 9.88. The van der Waals surface area contributed by atoms with Crippen molar-refractivity contribution >= 4 is 11.8 Å². The molecule has 23 heavy (non-hydrogen) atoms. The number of carbonyl (C=O) groups excluding carboxylic acids is 2. The van der Waals surface area contributed by atoms with Crippen molar-refractivity contribution < 1.29 is 9.59 Å². The SMILES string of the molecule is CC(=O)N/C(=C/C1CCCCC1)C(=O)N1CCC2=C1CCCC2. The highest BCUT2D eigenvalue weighted by atomic mass is 16.2. The highest BCUT2D eigenvalue weighted by molar-refractivity contribution is 5.98. The number of carbonyl (C=O) groups is 2. The van der Waals surface area contributed by atoms with Gasteiger partial charge in [0.1, 0.15) is 5.70 Å². The third-order valence-electron chi connectivity index (χ3n) is 5.35. The Labute approximate surface area is 139 Å². The van der Waals surface area contributed by atoms with Crippen molar-refractivity contribution in [1.29, 1.82) is 0 Å². The summed E-state index contributed by atoms with van der Waals surface area (Å²) >= 11 is 0. The Balaban J connectivity index is 1.78. The van der Waals surface area contributed by atoms with E-state index in [-0.39, 0.29) is 11.8 Å². The van der Waals surface area contributed by atoms with Crippen LogP contribution in [0.2, 0.25) is 0 Å². The lowest BCUT2D eigenvalue weighted by molar-refractivity contribution is -0.127. The zero-order valence-corrected chi connectivity index (χ0v) is 14.2. The summed E-state index contributed by atoms with van der Waals surface area (Å²) < 4.78 is 0. The number of hydrogen-bond donors (Lipinski definition) is 1. The van der Waals surface area contributed by atoms with Gasteiger partial charge in [0.05, 0.1) is 0 Å². The monoisotopic (exact) mass is 316 g/mol. The van der Waals surface area contributed by atoms with Gasteiger partial charge in [-0.3, -0.25) is 9.59 Å². The third-order valence-corrected chi connectivity index (χ3v) is 5.35. The second kappa shape index (κ2) is 7.33. The maximum Gasteiger partial charge on any atom is 0.274 e. The van der Waals surface area contributed by atoms with Crippen molar-refractivity contribution in [2.24, 2.45) is 5.92 Å². The standard InChI is InChI=1S/C19H28N2O2/c1-14(22)20-17(13-15-7-3-2-4-8-15)19(23)21-12-11-16-9-5-6-10-18(16)21/h13,15H,2-12H2,1H3,(H,20,22)/b17-13+. The Kier molecular flexibility index (Phi) is 5.19. The van der Waals surface area contributed by atoms with E-state index in [1.165, 1.54) is 50.3 Å². The molecule has 0 aromatic carbocycles. The van der Waals surface area contributed by atoms with Crippen LogP contribution in [-0.4, -0.2) is 23.3 Å².